The molecule has 2 aliphatic heterocycles. The summed E-state index contributed by atoms with van der Waals surface area (Å²) >= 11 is 0. The molecule has 2 fully saturated rings. The Hall–Kier alpha value is -1.49. The molecular formula is C16H24N4O. The quantitative estimate of drug-likeness (QED) is 0.797. The molecule has 0 bridgehead atoms. The van der Waals surface area contributed by atoms with Gasteiger partial charge in [-0.25, -0.2) is 9.97 Å². The summed E-state index contributed by atoms with van der Waals surface area (Å²) < 4.78 is 0. The first-order valence-corrected chi connectivity index (χ1v) is 7.91. The second kappa shape index (κ2) is 5.72. The molecule has 1 atom stereocenters. The van der Waals surface area contributed by atoms with Crippen molar-refractivity contribution in [3.63, 3.8) is 0 Å². The van der Waals surface area contributed by atoms with Crippen molar-refractivity contribution in [3.05, 3.63) is 17.5 Å². The van der Waals surface area contributed by atoms with Crippen LogP contribution in [0.1, 0.15) is 49.2 Å². The van der Waals surface area contributed by atoms with E-state index in [0.29, 0.717) is 17.6 Å². The normalized spacial score (nSPS) is 24.0. The minimum absolute atomic E-state index is 0.0303. The maximum atomic E-state index is 11.4. The lowest BCUT2D eigenvalue weighted by molar-refractivity contribution is 0.0868. The number of piperidine rings is 1. The van der Waals surface area contributed by atoms with Crippen LogP contribution in [-0.2, 0) is 0 Å². The van der Waals surface area contributed by atoms with Crippen LogP contribution in [-0.4, -0.2) is 52.4 Å². The highest BCUT2D eigenvalue weighted by atomic mass is 16.1. The van der Waals surface area contributed by atoms with E-state index in [0.717, 1.165) is 24.7 Å². The van der Waals surface area contributed by atoms with Gasteiger partial charge in [0.2, 0.25) is 5.95 Å². The average Bonchev–Trinajstić information content (AvgIpc) is 2.39. The van der Waals surface area contributed by atoms with E-state index in [1.807, 2.05) is 6.92 Å². The van der Waals surface area contributed by atoms with Crippen molar-refractivity contribution in [2.24, 2.45) is 0 Å². The van der Waals surface area contributed by atoms with E-state index in [1.165, 1.54) is 25.8 Å². The van der Waals surface area contributed by atoms with Gasteiger partial charge >= 0.3 is 0 Å². The monoisotopic (exact) mass is 288 g/mol. The van der Waals surface area contributed by atoms with Crippen LogP contribution >= 0.6 is 0 Å². The molecule has 1 aromatic heterocycles. The molecule has 0 N–H and O–H groups in total. The zero-order chi connectivity index (χ0) is 15.0. The number of ketones is 1. The Morgan fingerprint density at radius 2 is 2.10 bits per heavy atom. The van der Waals surface area contributed by atoms with Crippen LogP contribution in [0.3, 0.4) is 0 Å². The van der Waals surface area contributed by atoms with Gasteiger partial charge in [0.15, 0.2) is 5.78 Å². The highest BCUT2D eigenvalue weighted by molar-refractivity contribution is 5.94. The van der Waals surface area contributed by atoms with Crippen LogP contribution < -0.4 is 4.90 Å². The second-order valence-electron chi connectivity index (χ2n) is 6.37. The Morgan fingerprint density at radius 3 is 2.71 bits per heavy atom. The number of likely N-dealkylation sites (tertiary alicyclic amines) is 1. The third-order valence-electron chi connectivity index (χ3n) is 4.81. The van der Waals surface area contributed by atoms with Crippen molar-refractivity contribution in [1.29, 1.82) is 0 Å². The van der Waals surface area contributed by atoms with Crippen LogP contribution in [0.4, 0.5) is 5.95 Å². The molecule has 0 aliphatic carbocycles. The van der Waals surface area contributed by atoms with Crippen molar-refractivity contribution in [1.82, 2.24) is 14.9 Å². The number of anilines is 1. The Balaban J connectivity index is 1.63. The standard InChI is InChI=1S/C16H24N4O/c1-11-6-4-5-7-20(11)14-9-19(10-14)16-17-8-15(13(3)21)12(2)18-16/h8,11,14H,4-7,9-10H2,1-3H3. The third kappa shape index (κ3) is 2.79. The van der Waals surface area contributed by atoms with Crippen molar-refractivity contribution in [2.75, 3.05) is 24.5 Å². The highest BCUT2D eigenvalue weighted by Crippen LogP contribution is 2.26. The molecule has 0 amide bonds. The molecular weight excluding hydrogens is 264 g/mol. The summed E-state index contributed by atoms with van der Waals surface area (Å²) in [5.74, 6) is 0.793. The summed E-state index contributed by atoms with van der Waals surface area (Å²) in [6.45, 7) is 9.01. The van der Waals surface area contributed by atoms with E-state index in [2.05, 4.69) is 26.7 Å². The molecule has 0 radical (unpaired) electrons. The van der Waals surface area contributed by atoms with Gasteiger partial charge in [-0.1, -0.05) is 6.42 Å². The maximum absolute atomic E-state index is 11.4. The molecule has 5 heteroatoms. The number of hydrogen-bond acceptors (Lipinski definition) is 5. The van der Waals surface area contributed by atoms with Crippen LogP contribution in [0, 0.1) is 6.92 Å². The van der Waals surface area contributed by atoms with Crippen molar-refractivity contribution in [2.45, 2.75) is 52.1 Å². The fraction of sp³-hybridized carbons (Fsp3) is 0.688. The van der Waals surface area contributed by atoms with Gasteiger partial charge in [-0.05, 0) is 40.2 Å². The molecule has 114 valence electrons. The zero-order valence-corrected chi connectivity index (χ0v) is 13.2. The summed E-state index contributed by atoms with van der Waals surface area (Å²) in [7, 11) is 0. The lowest BCUT2D eigenvalue weighted by Gasteiger charge is -2.49. The van der Waals surface area contributed by atoms with Crippen molar-refractivity contribution >= 4 is 11.7 Å². The summed E-state index contributed by atoms with van der Waals surface area (Å²) in [4.78, 5) is 25.1. The minimum atomic E-state index is 0.0303. The van der Waals surface area contributed by atoms with E-state index in [-0.39, 0.29) is 5.78 Å². The Labute approximate surface area is 126 Å². The lowest BCUT2D eigenvalue weighted by atomic mass is 9.98. The number of carbonyl (C=O) groups is 1. The van der Waals surface area contributed by atoms with Crippen molar-refractivity contribution in [3.8, 4) is 0 Å². The molecule has 21 heavy (non-hydrogen) atoms. The number of aromatic nitrogens is 2. The number of aryl methyl sites for hydroxylation is 1. The Kier molecular flexibility index (Phi) is 3.93. The van der Waals surface area contributed by atoms with E-state index >= 15 is 0 Å². The summed E-state index contributed by atoms with van der Waals surface area (Å²) in [5, 5.41) is 0. The Bertz CT molecular complexity index is 539. The van der Waals surface area contributed by atoms with Crippen LogP contribution in [0.15, 0.2) is 6.20 Å². The van der Waals surface area contributed by atoms with E-state index in [4.69, 9.17) is 0 Å². The fourth-order valence-corrected chi connectivity index (χ4v) is 3.44. The average molecular weight is 288 g/mol. The molecule has 1 unspecified atom stereocenters. The van der Waals surface area contributed by atoms with E-state index < -0.39 is 0 Å². The number of nitrogens with zero attached hydrogens (tertiary/aromatic N) is 4. The number of Topliss-reactive ketones (excluding diaryl/α,β-unsaturated/α-hetero) is 1. The zero-order valence-electron chi connectivity index (χ0n) is 13.2. The summed E-state index contributed by atoms with van der Waals surface area (Å²) in [6.07, 6.45) is 5.67. The smallest absolute Gasteiger partial charge is 0.225 e. The van der Waals surface area contributed by atoms with Gasteiger partial charge in [0, 0.05) is 31.4 Å². The number of carbonyl (C=O) groups excluding carboxylic acids is 1. The van der Waals surface area contributed by atoms with E-state index in [9.17, 15) is 4.79 Å². The lowest BCUT2D eigenvalue weighted by Crippen LogP contribution is -2.62. The first-order valence-electron chi connectivity index (χ1n) is 7.91. The van der Waals surface area contributed by atoms with Crippen LogP contribution in [0.5, 0.6) is 0 Å². The SMILES string of the molecule is CC(=O)c1cnc(N2CC(N3CCCCC3C)C2)nc1C. The molecule has 0 saturated carbocycles. The molecule has 1 aromatic rings. The predicted octanol–water partition coefficient (Wildman–Crippen LogP) is 2.05. The first kappa shape index (κ1) is 14.4. The molecule has 5 nitrogen and oxygen atoms in total. The van der Waals surface area contributed by atoms with Crippen molar-refractivity contribution < 1.29 is 4.79 Å². The summed E-state index contributed by atoms with van der Waals surface area (Å²) in [5.41, 5.74) is 1.41. The Morgan fingerprint density at radius 1 is 1.33 bits per heavy atom. The van der Waals surface area contributed by atoms with Gasteiger partial charge in [-0.2, -0.15) is 0 Å². The highest BCUT2D eigenvalue weighted by Gasteiger charge is 2.36. The van der Waals surface area contributed by atoms with E-state index in [1.54, 1.807) is 13.1 Å². The molecule has 0 aromatic carbocycles. The molecule has 3 heterocycles. The second-order valence-corrected chi connectivity index (χ2v) is 6.37. The van der Waals surface area contributed by atoms with Gasteiger partial charge in [0.25, 0.3) is 0 Å². The number of hydrogen-bond donors (Lipinski definition) is 0. The molecule has 3 rings (SSSR count). The van der Waals surface area contributed by atoms with Gasteiger partial charge in [-0.15, -0.1) is 0 Å². The van der Waals surface area contributed by atoms with Gasteiger partial charge in [0.05, 0.1) is 11.3 Å². The largest absolute Gasteiger partial charge is 0.338 e. The number of rotatable bonds is 3. The molecule has 2 saturated heterocycles. The fourth-order valence-electron chi connectivity index (χ4n) is 3.44. The molecule has 2 aliphatic rings. The minimum Gasteiger partial charge on any atom is -0.338 e. The summed E-state index contributed by atoms with van der Waals surface area (Å²) in [6, 6.07) is 1.34. The van der Waals surface area contributed by atoms with Crippen LogP contribution in [0.2, 0.25) is 0 Å². The third-order valence-corrected chi connectivity index (χ3v) is 4.81. The van der Waals surface area contributed by atoms with Gasteiger partial charge < -0.3 is 4.90 Å². The maximum Gasteiger partial charge on any atom is 0.225 e. The predicted molar refractivity (Wildman–Crippen MR) is 82.8 cm³/mol. The van der Waals surface area contributed by atoms with Gasteiger partial charge in [0.1, 0.15) is 0 Å². The van der Waals surface area contributed by atoms with Gasteiger partial charge in [-0.3, -0.25) is 9.69 Å². The van der Waals surface area contributed by atoms with Crippen LogP contribution in [0.25, 0.3) is 0 Å². The molecule has 0 spiro atoms. The topological polar surface area (TPSA) is 49.3 Å². The first-order chi connectivity index (χ1) is 10.1.